The third kappa shape index (κ3) is 5.09. The van der Waals surface area contributed by atoms with E-state index in [1.807, 2.05) is 47.5 Å². The molecule has 2 heterocycles. The Morgan fingerprint density at radius 3 is 2.69 bits per heavy atom. The number of carbonyl (C=O) groups is 2. The van der Waals surface area contributed by atoms with Crippen LogP contribution in [-0.2, 0) is 22.6 Å². The van der Waals surface area contributed by atoms with Crippen LogP contribution in [0.4, 0.5) is 0 Å². The summed E-state index contributed by atoms with van der Waals surface area (Å²) in [7, 11) is 3.22. The lowest BCUT2D eigenvalue weighted by Crippen LogP contribution is -2.37. The summed E-state index contributed by atoms with van der Waals surface area (Å²) in [5, 5.41) is 2.02. The second-order valence-corrected chi connectivity index (χ2v) is 8.14. The molecule has 1 saturated heterocycles. The Bertz CT molecular complexity index is 837. The van der Waals surface area contributed by atoms with E-state index in [0.717, 1.165) is 10.4 Å². The molecule has 1 aromatic heterocycles. The maximum atomic E-state index is 12.9. The van der Waals surface area contributed by atoms with Crippen molar-refractivity contribution in [1.29, 1.82) is 0 Å². The molecule has 29 heavy (non-hydrogen) atoms. The van der Waals surface area contributed by atoms with Crippen LogP contribution in [0.25, 0.3) is 0 Å². The van der Waals surface area contributed by atoms with Gasteiger partial charge in [-0.2, -0.15) is 0 Å². The molecule has 0 spiro atoms. The molecular formula is C22H28N2O4S. The summed E-state index contributed by atoms with van der Waals surface area (Å²) in [6.45, 7) is 4.33. The minimum absolute atomic E-state index is 0.0519. The van der Waals surface area contributed by atoms with Crippen LogP contribution in [0.2, 0.25) is 0 Å². The molecule has 0 radical (unpaired) electrons. The second-order valence-electron chi connectivity index (χ2n) is 7.11. The first-order valence-electron chi connectivity index (χ1n) is 9.85. The number of thiophene rings is 1. The number of nitrogens with zero attached hydrogens (tertiary/aromatic N) is 2. The molecule has 0 aliphatic carbocycles. The number of carbonyl (C=O) groups excluding carboxylic acids is 2. The van der Waals surface area contributed by atoms with Crippen molar-refractivity contribution in [2.24, 2.45) is 5.92 Å². The highest BCUT2D eigenvalue weighted by molar-refractivity contribution is 7.09. The fourth-order valence-electron chi connectivity index (χ4n) is 3.65. The molecule has 1 aliphatic heterocycles. The van der Waals surface area contributed by atoms with Gasteiger partial charge in [-0.15, -0.1) is 11.3 Å². The number of hydrogen-bond donors (Lipinski definition) is 0. The van der Waals surface area contributed by atoms with E-state index in [1.54, 1.807) is 30.5 Å². The van der Waals surface area contributed by atoms with Crippen molar-refractivity contribution < 1.29 is 19.1 Å². The monoisotopic (exact) mass is 416 g/mol. The summed E-state index contributed by atoms with van der Waals surface area (Å²) in [4.78, 5) is 30.2. The number of likely N-dealkylation sites (tertiary alicyclic amines) is 1. The highest BCUT2D eigenvalue weighted by atomic mass is 32.1. The Morgan fingerprint density at radius 1 is 1.24 bits per heavy atom. The fraction of sp³-hybridized carbons (Fsp3) is 0.455. The second kappa shape index (κ2) is 9.78. The Kier molecular flexibility index (Phi) is 7.14. The van der Waals surface area contributed by atoms with Gasteiger partial charge in [0.15, 0.2) is 11.5 Å². The molecule has 2 aromatic rings. The molecule has 2 amide bonds. The fourth-order valence-corrected chi connectivity index (χ4v) is 4.37. The standard InChI is InChI=1S/C22H28N2O4S/c1-4-23(15-18-6-5-11-29-18)22(26)17-13-21(25)24(14-17)10-9-16-7-8-19(27-2)20(12-16)28-3/h5-8,11-12,17H,4,9-10,13-15H2,1-3H3. The zero-order valence-corrected chi connectivity index (χ0v) is 18.0. The Morgan fingerprint density at radius 2 is 2.03 bits per heavy atom. The molecule has 0 bridgehead atoms. The SMILES string of the molecule is CCN(Cc1cccs1)C(=O)C1CC(=O)N(CCc2ccc(OC)c(OC)c2)C1. The zero-order valence-electron chi connectivity index (χ0n) is 17.2. The minimum atomic E-state index is -0.257. The lowest BCUT2D eigenvalue weighted by Gasteiger charge is -2.24. The van der Waals surface area contributed by atoms with Crippen LogP contribution in [0, 0.1) is 5.92 Å². The van der Waals surface area contributed by atoms with Gasteiger partial charge in [-0.1, -0.05) is 12.1 Å². The van der Waals surface area contributed by atoms with Crippen molar-refractivity contribution in [3.05, 3.63) is 46.2 Å². The van der Waals surface area contributed by atoms with Crippen molar-refractivity contribution in [3.63, 3.8) is 0 Å². The normalized spacial score (nSPS) is 16.2. The van der Waals surface area contributed by atoms with Gasteiger partial charge in [0.2, 0.25) is 11.8 Å². The number of amides is 2. The van der Waals surface area contributed by atoms with Crippen LogP contribution < -0.4 is 9.47 Å². The quantitative estimate of drug-likeness (QED) is 0.630. The van der Waals surface area contributed by atoms with E-state index < -0.39 is 0 Å². The average molecular weight is 417 g/mol. The van der Waals surface area contributed by atoms with E-state index >= 15 is 0 Å². The predicted octanol–water partition coefficient (Wildman–Crippen LogP) is 3.21. The summed E-state index contributed by atoms with van der Waals surface area (Å²) in [5.41, 5.74) is 1.07. The van der Waals surface area contributed by atoms with Crippen LogP contribution in [0.3, 0.4) is 0 Å². The molecule has 7 heteroatoms. The van der Waals surface area contributed by atoms with Gasteiger partial charge in [0.05, 0.1) is 26.7 Å². The zero-order chi connectivity index (χ0) is 20.8. The molecule has 3 rings (SSSR count). The Hall–Kier alpha value is -2.54. The van der Waals surface area contributed by atoms with Crippen LogP contribution in [0.1, 0.15) is 23.8 Å². The van der Waals surface area contributed by atoms with E-state index in [1.165, 1.54) is 0 Å². The average Bonchev–Trinajstić information content (AvgIpc) is 3.39. The summed E-state index contributed by atoms with van der Waals surface area (Å²) in [5.74, 6) is 1.23. The van der Waals surface area contributed by atoms with Gasteiger partial charge in [0.25, 0.3) is 0 Å². The predicted molar refractivity (Wildman–Crippen MR) is 113 cm³/mol. The van der Waals surface area contributed by atoms with Crippen molar-refractivity contribution in [2.45, 2.75) is 26.3 Å². The van der Waals surface area contributed by atoms with E-state index in [2.05, 4.69) is 0 Å². The number of rotatable bonds is 9. The molecule has 1 aromatic carbocycles. The summed E-state index contributed by atoms with van der Waals surface area (Å²) >= 11 is 1.65. The molecule has 1 atom stereocenters. The lowest BCUT2D eigenvalue weighted by molar-refractivity contribution is -0.136. The smallest absolute Gasteiger partial charge is 0.228 e. The lowest BCUT2D eigenvalue weighted by atomic mass is 10.1. The molecule has 156 valence electrons. The van der Waals surface area contributed by atoms with E-state index in [-0.39, 0.29) is 17.7 Å². The molecule has 6 nitrogen and oxygen atoms in total. The van der Waals surface area contributed by atoms with Crippen molar-refractivity contribution in [1.82, 2.24) is 9.80 Å². The van der Waals surface area contributed by atoms with Gasteiger partial charge in [0, 0.05) is 30.9 Å². The molecular weight excluding hydrogens is 388 g/mol. The van der Waals surface area contributed by atoms with Gasteiger partial charge in [0.1, 0.15) is 0 Å². The Labute approximate surface area is 176 Å². The number of benzene rings is 1. The number of hydrogen-bond acceptors (Lipinski definition) is 5. The summed E-state index contributed by atoms with van der Waals surface area (Å²) in [6.07, 6.45) is 1.01. The third-order valence-corrected chi connectivity index (χ3v) is 6.16. The highest BCUT2D eigenvalue weighted by Gasteiger charge is 2.36. The first-order valence-corrected chi connectivity index (χ1v) is 10.7. The molecule has 0 N–H and O–H groups in total. The largest absolute Gasteiger partial charge is 0.493 e. The maximum Gasteiger partial charge on any atom is 0.228 e. The molecule has 1 fully saturated rings. The van der Waals surface area contributed by atoms with E-state index in [9.17, 15) is 9.59 Å². The van der Waals surface area contributed by atoms with E-state index in [0.29, 0.717) is 50.5 Å². The highest BCUT2D eigenvalue weighted by Crippen LogP contribution is 2.28. The van der Waals surface area contributed by atoms with Gasteiger partial charge in [-0.25, -0.2) is 0 Å². The minimum Gasteiger partial charge on any atom is -0.493 e. The van der Waals surface area contributed by atoms with Gasteiger partial charge in [-0.3, -0.25) is 9.59 Å². The summed E-state index contributed by atoms with van der Waals surface area (Å²) < 4.78 is 10.6. The number of ether oxygens (including phenoxy) is 2. The Balaban J connectivity index is 1.57. The van der Waals surface area contributed by atoms with Crippen molar-refractivity contribution in [3.8, 4) is 11.5 Å². The number of methoxy groups -OCH3 is 2. The van der Waals surface area contributed by atoms with Crippen LogP contribution in [-0.4, -0.2) is 55.5 Å². The van der Waals surface area contributed by atoms with Crippen LogP contribution >= 0.6 is 11.3 Å². The van der Waals surface area contributed by atoms with Gasteiger partial charge in [-0.05, 0) is 42.5 Å². The first kappa shape index (κ1) is 21.2. The van der Waals surface area contributed by atoms with Gasteiger partial charge >= 0.3 is 0 Å². The maximum absolute atomic E-state index is 12.9. The van der Waals surface area contributed by atoms with Crippen molar-refractivity contribution >= 4 is 23.2 Å². The van der Waals surface area contributed by atoms with Crippen molar-refractivity contribution in [2.75, 3.05) is 33.9 Å². The van der Waals surface area contributed by atoms with E-state index in [4.69, 9.17) is 9.47 Å². The molecule has 1 unspecified atom stereocenters. The van der Waals surface area contributed by atoms with Crippen LogP contribution in [0.5, 0.6) is 11.5 Å². The van der Waals surface area contributed by atoms with Crippen LogP contribution in [0.15, 0.2) is 35.7 Å². The topological polar surface area (TPSA) is 59.1 Å². The molecule has 1 aliphatic rings. The third-order valence-electron chi connectivity index (χ3n) is 5.30. The summed E-state index contributed by atoms with van der Waals surface area (Å²) in [6, 6.07) is 9.81. The molecule has 0 saturated carbocycles. The van der Waals surface area contributed by atoms with Gasteiger partial charge < -0.3 is 19.3 Å². The first-order chi connectivity index (χ1) is 14.0.